The lowest BCUT2D eigenvalue weighted by Gasteiger charge is -2.13. The maximum Gasteiger partial charge on any atom is 0.245 e. The van der Waals surface area contributed by atoms with Crippen molar-refractivity contribution in [1.29, 1.82) is 0 Å². The molecule has 1 heterocycles. The summed E-state index contributed by atoms with van der Waals surface area (Å²) in [6, 6.07) is 0. The number of hydrogen-bond acceptors (Lipinski definition) is 7. The van der Waals surface area contributed by atoms with E-state index >= 15 is 0 Å². The smallest absolute Gasteiger partial charge is 0.245 e. The first kappa shape index (κ1) is 13.7. The van der Waals surface area contributed by atoms with Crippen LogP contribution in [0.15, 0.2) is 6.20 Å². The molecule has 0 bridgehead atoms. The number of nitrogens with zero attached hydrogens (tertiary/aromatic N) is 2. The molecule has 92 valence electrons. The van der Waals surface area contributed by atoms with Gasteiger partial charge >= 0.3 is 0 Å². The molecule has 0 aliphatic rings. The van der Waals surface area contributed by atoms with Gasteiger partial charge in [-0.15, -0.1) is 4.37 Å². The van der Waals surface area contributed by atoms with E-state index in [2.05, 4.69) is 27.2 Å². The molecule has 1 aromatic heterocycles. The molecule has 2 atom stereocenters. The van der Waals surface area contributed by atoms with Crippen LogP contribution in [0.4, 0.5) is 0 Å². The van der Waals surface area contributed by atoms with Crippen LogP contribution < -0.4 is 10.1 Å². The predicted molar refractivity (Wildman–Crippen MR) is 67.3 cm³/mol. The molecule has 0 amide bonds. The van der Waals surface area contributed by atoms with Crippen LogP contribution in [0, 0.1) is 0 Å². The fourth-order valence-corrected chi connectivity index (χ4v) is 1.65. The second kappa shape index (κ2) is 7.83. The van der Waals surface area contributed by atoms with E-state index in [9.17, 15) is 5.11 Å². The molecule has 0 aliphatic carbocycles. The lowest BCUT2D eigenvalue weighted by molar-refractivity contribution is 0.104. The molecule has 0 saturated heterocycles. The summed E-state index contributed by atoms with van der Waals surface area (Å²) in [5, 5.41) is 13.3. The summed E-state index contributed by atoms with van der Waals surface area (Å²) in [7, 11) is 0. The first-order valence-corrected chi connectivity index (χ1v) is 7.06. The van der Waals surface area contributed by atoms with Gasteiger partial charge in [-0.2, -0.15) is 16.1 Å². The Hall–Kier alpha value is -0.370. The number of hydrogen-bond donors (Lipinski definition) is 2. The maximum atomic E-state index is 9.59. The minimum atomic E-state index is -0.518. The van der Waals surface area contributed by atoms with Crippen molar-refractivity contribution in [2.75, 3.05) is 26.0 Å². The average molecular weight is 263 g/mol. The number of aromatic nitrogens is 2. The van der Waals surface area contributed by atoms with E-state index in [1.54, 1.807) is 18.0 Å². The van der Waals surface area contributed by atoms with Gasteiger partial charge in [-0.3, -0.25) is 0 Å². The quantitative estimate of drug-likeness (QED) is 0.716. The maximum absolute atomic E-state index is 9.59. The molecule has 5 nitrogen and oxygen atoms in total. The molecular weight excluding hydrogens is 246 g/mol. The zero-order valence-electron chi connectivity index (χ0n) is 9.42. The summed E-state index contributed by atoms with van der Waals surface area (Å²) >= 11 is 2.89. The summed E-state index contributed by atoms with van der Waals surface area (Å²) in [4.78, 5) is 0. The molecule has 0 aliphatic heterocycles. The van der Waals surface area contributed by atoms with E-state index < -0.39 is 6.10 Å². The second-order valence-electron chi connectivity index (χ2n) is 3.42. The van der Waals surface area contributed by atoms with Gasteiger partial charge in [-0.25, -0.2) is 0 Å². The molecule has 0 saturated carbocycles. The van der Waals surface area contributed by atoms with Crippen molar-refractivity contribution < 1.29 is 9.84 Å². The highest BCUT2D eigenvalue weighted by Crippen LogP contribution is 2.05. The summed E-state index contributed by atoms with van der Waals surface area (Å²) in [5.74, 6) is 0.474. The van der Waals surface area contributed by atoms with Gasteiger partial charge in [0, 0.05) is 18.3 Å². The van der Waals surface area contributed by atoms with Crippen molar-refractivity contribution in [1.82, 2.24) is 14.1 Å². The molecule has 2 unspecified atom stereocenters. The molecule has 1 aromatic rings. The van der Waals surface area contributed by atoms with Gasteiger partial charge < -0.3 is 15.2 Å². The Morgan fingerprint density at radius 2 is 2.44 bits per heavy atom. The minimum Gasteiger partial charge on any atom is -0.473 e. The van der Waals surface area contributed by atoms with E-state index in [-0.39, 0.29) is 6.61 Å². The third-order valence-electron chi connectivity index (χ3n) is 1.98. The van der Waals surface area contributed by atoms with Gasteiger partial charge in [0.1, 0.15) is 18.9 Å². The Morgan fingerprint density at radius 1 is 1.62 bits per heavy atom. The summed E-state index contributed by atoms with van der Waals surface area (Å²) in [5.41, 5.74) is 0. The summed E-state index contributed by atoms with van der Waals surface area (Å²) < 4.78 is 12.9. The molecule has 1 rings (SSSR count). The number of thioether (sulfide) groups is 1. The minimum absolute atomic E-state index is 0.242. The largest absolute Gasteiger partial charge is 0.473 e. The van der Waals surface area contributed by atoms with Crippen LogP contribution in [0.25, 0.3) is 0 Å². The van der Waals surface area contributed by atoms with E-state index in [0.29, 0.717) is 17.7 Å². The second-order valence-corrected chi connectivity index (χ2v) is 5.25. The normalized spacial score (nSPS) is 14.7. The number of rotatable bonds is 8. The van der Waals surface area contributed by atoms with Crippen LogP contribution in [0.1, 0.15) is 6.92 Å². The van der Waals surface area contributed by atoms with Crippen LogP contribution in [-0.4, -0.2) is 51.2 Å². The Kier molecular flexibility index (Phi) is 6.70. The average Bonchev–Trinajstić information content (AvgIpc) is 2.79. The van der Waals surface area contributed by atoms with E-state index in [1.165, 1.54) is 0 Å². The highest BCUT2D eigenvalue weighted by molar-refractivity contribution is 7.99. The topological polar surface area (TPSA) is 67.3 Å². The van der Waals surface area contributed by atoms with Crippen LogP contribution in [-0.2, 0) is 0 Å². The van der Waals surface area contributed by atoms with E-state index in [4.69, 9.17) is 4.74 Å². The molecular formula is C9H17N3O2S2. The highest BCUT2D eigenvalue weighted by Gasteiger charge is 2.07. The molecule has 7 heteroatoms. The number of nitrogens with one attached hydrogen (secondary N) is 1. The molecule has 16 heavy (non-hydrogen) atoms. The Morgan fingerprint density at radius 3 is 3.06 bits per heavy atom. The molecule has 2 N–H and O–H groups in total. The van der Waals surface area contributed by atoms with Gasteiger partial charge in [0.15, 0.2) is 0 Å². The Labute approximate surface area is 104 Å². The fourth-order valence-electron chi connectivity index (χ4n) is 0.997. The predicted octanol–water partition coefficient (Wildman–Crippen LogP) is 0.619. The van der Waals surface area contributed by atoms with Crippen LogP contribution in [0.5, 0.6) is 5.88 Å². The van der Waals surface area contributed by atoms with Gasteiger partial charge in [0.05, 0.1) is 11.7 Å². The highest BCUT2D eigenvalue weighted by atomic mass is 32.2. The molecule has 0 fully saturated rings. The molecule has 0 aromatic carbocycles. The molecule has 0 spiro atoms. The van der Waals surface area contributed by atoms with E-state index in [0.717, 1.165) is 18.3 Å². The lowest BCUT2D eigenvalue weighted by Crippen LogP contribution is -2.34. The van der Waals surface area contributed by atoms with Gasteiger partial charge in [0.25, 0.3) is 0 Å². The first-order chi connectivity index (χ1) is 7.72. The zero-order chi connectivity index (χ0) is 11.8. The molecule has 0 radical (unpaired) electrons. The summed E-state index contributed by atoms with van der Waals surface area (Å²) in [6.45, 7) is 3.80. The summed E-state index contributed by atoms with van der Waals surface area (Å²) in [6.07, 6.45) is 3.10. The van der Waals surface area contributed by atoms with Crippen molar-refractivity contribution in [3.63, 3.8) is 0 Å². The van der Waals surface area contributed by atoms with Crippen molar-refractivity contribution in [2.24, 2.45) is 0 Å². The standard InChI is InChI=1S/C9H17N3O2S2/c1-7(15-2)3-10-4-8(13)6-14-9-5-11-16-12-9/h5,7-8,10,13H,3-4,6H2,1-2H3. The number of aliphatic hydroxyl groups is 1. The third kappa shape index (κ3) is 5.64. The van der Waals surface area contributed by atoms with Gasteiger partial charge in [-0.1, -0.05) is 6.92 Å². The van der Waals surface area contributed by atoms with Crippen LogP contribution in [0.2, 0.25) is 0 Å². The van der Waals surface area contributed by atoms with Crippen molar-refractivity contribution in [3.05, 3.63) is 6.20 Å². The Balaban J connectivity index is 2.05. The fraction of sp³-hybridized carbons (Fsp3) is 0.778. The monoisotopic (exact) mass is 263 g/mol. The van der Waals surface area contributed by atoms with Crippen molar-refractivity contribution in [2.45, 2.75) is 18.3 Å². The SMILES string of the molecule is CSC(C)CNCC(O)COc1cnsn1. The zero-order valence-corrected chi connectivity index (χ0v) is 11.1. The first-order valence-electron chi connectivity index (χ1n) is 5.04. The van der Waals surface area contributed by atoms with Gasteiger partial charge in [-0.05, 0) is 6.26 Å². The number of aliphatic hydroxyl groups excluding tert-OH is 1. The van der Waals surface area contributed by atoms with Crippen molar-refractivity contribution in [3.8, 4) is 5.88 Å². The Bertz CT molecular complexity index is 272. The number of ether oxygens (including phenoxy) is 1. The lowest BCUT2D eigenvalue weighted by atomic mass is 10.3. The van der Waals surface area contributed by atoms with Crippen LogP contribution in [0.3, 0.4) is 0 Å². The van der Waals surface area contributed by atoms with Crippen LogP contribution >= 0.6 is 23.5 Å². The van der Waals surface area contributed by atoms with Gasteiger partial charge in [0.2, 0.25) is 5.88 Å². The van der Waals surface area contributed by atoms with E-state index in [1.807, 2.05) is 0 Å². The third-order valence-corrected chi connectivity index (χ3v) is 3.41. The van der Waals surface area contributed by atoms with Crippen molar-refractivity contribution >= 4 is 23.5 Å².